The van der Waals surface area contributed by atoms with E-state index in [1.54, 1.807) is 18.9 Å². The van der Waals surface area contributed by atoms with Crippen molar-refractivity contribution in [1.82, 2.24) is 4.98 Å². The number of methoxy groups -OCH3 is 1. The van der Waals surface area contributed by atoms with Gasteiger partial charge in [0.25, 0.3) is 0 Å². The summed E-state index contributed by atoms with van der Waals surface area (Å²) in [4.78, 5) is 4.71. The van der Waals surface area contributed by atoms with Gasteiger partial charge >= 0.3 is 0 Å². The van der Waals surface area contributed by atoms with E-state index in [9.17, 15) is 10.5 Å². The number of hydrogen-bond acceptors (Lipinski definition) is 8. The average Bonchev–Trinajstić information content (AvgIpc) is 3.57. The molecule has 4 rings (SSSR count). The molecule has 8 heteroatoms. The highest BCUT2D eigenvalue weighted by Crippen LogP contribution is 2.39. The number of rotatable bonds is 10. The Balaban J connectivity index is 1.71. The van der Waals surface area contributed by atoms with Crippen LogP contribution in [0.3, 0.4) is 0 Å². The molecule has 1 saturated carbocycles. The minimum absolute atomic E-state index is 0.342. The van der Waals surface area contributed by atoms with Crippen LogP contribution in [-0.4, -0.2) is 50.3 Å². The fraction of sp³-hybridized carbons (Fsp3) is 0.435. The molecule has 2 aliphatic rings. The van der Waals surface area contributed by atoms with Crippen molar-refractivity contribution in [3.05, 3.63) is 35.4 Å². The summed E-state index contributed by atoms with van der Waals surface area (Å²) in [5, 5.41) is 24.0. The van der Waals surface area contributed by atoms with Crippen LogP contribution < -0.4 is 10.1 Å². The summed E-state index contributed by atoms with van der Waals surface area (Å²) in [5.41, 5.74) is 2.27. The Morgan fingerprint density at radius 2 is 1.87 bits per heavy atom. The predicted octanol–water partition coefficient (Wildman–Crippen LogP) is 3.83. The molecule has 2 fully saturated rings. The SMILES string of the molecule is COCCOc1ccc(-c2c(C#N)c(NC3CC3)nc(SCC3COC3)c2C#N)cc1. The third-order valence-electron chi connectivity index (χ3n) is 5.17. The standard InChI is InChI=1S/C23H24N4O3S/c1-28-8-9-30-18-6-2-16(3-7-18)21-19(10-24)22(26-17-4-5-17)27-23(20(21)11-25)31-14-15-12-29-13-15/h2-3,6-7,15,17H,4-5,8-9,12-14H2,1H3,(H,26,27). The third-order valence-corrected chi connectivity index (χ3v) is 6.37. The fourth-order valence-electron chi connectivity index (χ4n) is 3.23. The molecule has 0 atom stereocenters. The molecular weight excluding hydrogens is 412 g/mol. The molecule has 1 saturated heterocycles. The van der Waals surface area contributed by atoms with Crippen LogP contribution in [0.1, 0.15) is 24.0 Å². The van der Waals surface area contributed by atoms with E-state index < -0.39 is 0 Å². The number of nitrogens with one attached hydrogen (secondary N) is 1. The molecule has 2 heterocycles. The van der Waals surface area contributed by atoms with Crippen LogP contribution in [0.15, 0.2) is 29.3 Å². The predicted molar refractivity (Wildman–Crippen MR) is 118 cm³/mol. The first-order valence-corrected chi connectivity index (χ1v) is 11.3. The highest BCUT2D eigenvalue weighted by Gasteiger charge is 2.28. The Kier molecular flexibility index (Phi) is 6.93. The van der Waals surface area contributed by atoms with Crippen LogP contribution in [0.2, 0.25) is 0 Å². The minimum atomic E-state index is 0.342. The van der Waals surface area contributed by atoms with E-state index >= 15 is 0 Å². The summed E-state index contributed by atoms with van der Waals surface area (Å²) in [5.74, 6) is 2.58. The summed E-state index contributed by atoms with van der Waals surface area (Å²) < 4.78 is 15.9. The summed E-state index contributed by atoms with van der Waals surface area (Å²) in [6.07, 6.45) is 2.13. The number of anilines is 1. The molecule has 1 aliphatic carbocycles. The topological polar surface area (TPSA) is 100 Å². The first kappa shape index (κ1) is 21.5. The van der Waals surface area contributed by atoms with Crippen LogP contribution in [0.4, 0.5) is 5.82 Å². The second-order valence-corrected chi connectivity index (χ2v) is 8.62. The van der Waals surface area contributed by atoms with E-state index in [-0.39, 0.29) is 0 Å². The van der Waals surface area contributed by atoms with Gasteiger partial charge in [0.15, 0.2) is 0 Å². The third kappa shape index (κ3) is 5.11. The number of nitriles is 2. The first-order chi connectivity index (χ1) is 15.2. The van der Waals surface area contributed by atoms with Crippen LogP contribution in [0.25, 0.3) is 11.1 Å². The summed E-state index contributed by atoms with van der Waals surface area (Å²) in [6, 6.07) is 12.4. The minimum Gasteiger partial charge on any atom is -0.491 e. The molecule has 1 aromatic heterocycles. The quantitative estimate of drug-likeness (QED) is 0.443. The summed E-state index contributed by atoms with van der Waals surface area (Å²) in [7, 11) is 1.63. The van der Waals surface area contributed by atoms with E-state index in [4.69, 9.17) is 19.2 Å². The van der Waals surface area contributed by atoms with Crippen LogP contribution in [-0.2, 0) is 9.47 Å². The monoisotopic (exact) mass is 436 g/mol. The fourth-order valence-corrected chi connectivity index (χ4v) is 4.27. The number of benzene rings is 1. The van der Waals surface area contributed by atoms with Gasteiger partial charge in [-0.15, -0.1) is 11.8 Å². The van der Waals surface area contributed by atoms with Crippen LogP contribution in [0, 0.1) is 28.6 Å². The molecule has 2 aromatic rings. The highest BCUT2D eigenvalue weighted by molar-refractivity contribution is 7.99. The van der Waals surface area contributed by atoms with Crippen molar-refractivity contribution in [3.63, 3.8) is 0 Å². The summed E-state index contributed by atoms with van der Waals surface area (Å²) in [6.45, 7) is 2.46. The lowest BCUT2D eigenvalue weighted by Crippen LogP contribution is -2.29. The maximum Gasteiger partial charge on any atom is 0.146 e. The van der Waals surface area contributed by atoms with Crippen molar-refractivity contribution in [2.24, 2.45) is 5.92 Å². The number of pyridine rings is 1. The Labute approximate surface area is 186 Å². The molecule has 7 nitrogen and oxygen atoms in total. The Morgan fingerprint density at radius 1 is 1.13 bits per heavy atom. The zero-order valence-corrected chi connectivity index (χ0v) is 18.2. The van der Waals surface area contributed by atoms with E-state index in [1.165, 1.54) is 0 Å². The van der Waals surface area contributed by atoms with Gasteiger partial charge in [0.05, 0.1) is 25.4 Å². The Morgan fingerprint density at radius 3 is 2.45 bits per heavy atom. The zero-order chi connectivity index (χ0) is 21.6. The first-order valence-electron chi connectivity index (χ1n) is 10.3. The van der Waals surface area contributed by atoms with Gasteiger partial charge < -0.3 is 19.5 Å². The molecule has 0 unspecified atom stereocenters. The molecule has 0 bridgehead atoms. The van der Waals surface area contributed by atoms with Gasteiger partial charge in [0.1, 0.15) is 40.9 Å². The van der Waals surface area contributed by atoms with Gasteiger partial charge in [0, 0.05) is 30.4 Å². The zero-order valence-electron chi connectivity index (χ0n) is 17.4. The van der Waals surface area contributed by atoms with Gasteiger partial charge in [-0.05, 0) is 30.5 Å². The van der Waals surface area contributed by atoms with E-state index in [0.717, 1.165) is 37.4 Å². The van der Waals surface area contributed by atoms with Gasteiger partial charge in [-0.1, -0.05) is 12.1 Å². The molecule has 1 N–H and O–H groups in total. The van der Waals surface area contributed by atoms with E-state index in [2.05, 4.69) is 17.5 Å². The highest BCUT2D eigenvalue weighted by atomic mass is 32.2. The van der Waals surface area contributed by atoms with Gasteiger partial charge in [-0.25, -0.2) is 4.98 Å². The molecule has 160 valence electrons. The molecule has 1 aromatic carbocycles. The van der Waals surface area contributed by atoms with Crippen molar-refractivity contribution >= 4 is 17.6 Å². The maximum atomic E-state index is 10.0. The van der Waals surface area contributed by atoms with Crippen molar-refractivity contribution in [2.45, 2.75) is 23.9 Å². The normalized spacial score (nSPS) is 15.6. The molecule has 31 heavy (non-hydrogen) atoms. The lowest BCUT2D eigenvalue weighted by atomic mass is 9.96. The van der Waals surface area contributed by atoms with Crippen molar-refractivity contribution in [2.75, 3.05) is 44.6 Å². The maximum absolute atomic E-state index is 10.0. The van der Waals surface area contributed by atoms with Gasteiger partial charge in [-0.2, -0.15) is 10.5 Å². The second kappa shape index (κ2) is 10.0. The van der Waals surface area contributed by atoms with Crippen molar-refractivity contribution in [1.29, 1.82) is 10.5 Å². The van der Waals surface area contributed by atoms with Crippen LogP contribution in [0.5, 0.6) is 5.75 Å². The lowest BCUT2D eigenvalue weighted by Gasteiger charge is -2.25. The van der Waals surface area contributed by atoms with E-state index in [1.807, 2.05) is 24.3 Å². The molecule has 0 spiro atoms. The molecule has 1 aliphatic heterocycles. The smallest absolute Gasteiger partial charge is 0.146 e. The largest absolute Gasteiger partial charge is 0.491 e. The molecule has 0 amide bonds. The number of nitrogens with zero attached hydrogens (tertiary/aromatic N) is 3. The Bertz CT molecular complexity index is 1010. The van der Waals surface area contributed by atoms with E-state index in [0.29, 0.717) is 58.5 Å². The summed E-state index contributed by atoms with van der Waals surface area (Å²) >= 11 is 1.56. The van der Waals surface area contributed by atoms with Crippen LogP contribution >= 0.6 is 11.8 Å². The molecule has 0 radical (unpaired) electrons. The number of hydrogen-bond donors (Lipinski definition) is 1. The number of ether oxygens (including phenoxy) is 3. The number of thioether (sulfide) groups is 1. The van der Waals surface area contributed by atoms with Gasteiger partial charge in [-0.3, -0.25) is 0 Å². The number of aromatic nitrogens is 1. The second-order valence-electron chi connectivity index (χ2n) is 7.61. The lowest BCUT2D eigenvalue weighted by molar-refractivity contribution is -0.0196. The Hall–Kier alpha value is -2.78. The van der Waals surface area contributed by atoms with Crippen molar-refractivity contribution < 1.29 is 14.2 Å². The van der Waals surface area contributed by atoms with Crippen molar-refractivity contribution in [3.8, 4) is 29.0 Å². The molecular formula is C23H24N4O3S. The van der Waals surface area contributed by atoms with Gasteiger partial charge in [0.2, 0.25) is 0 Å². The average molecular weight is 437 g/mol.